The summed E-state index contributed by atoms with van der Waals surface area (Å²) in [5.41, 5.74) is 6.48. The van der Waals surface area contributed by atoms with E-state index in [9.17, 15) is 0 Å². The first-order valence-corrected chi connectivity index (χ1v) is 6.33. The number of methoxy groups -OCH3 is 1. The van der Waals surface area contributed by atoms with Gasteiger partial charge in [0.15, 0.2) is 0 Å². The van der Waals surface area contributed by atoms with Crippen LogP contribution in [0.2, 0.25) is 0 Å². The van der Waals surface area contributed by atoms with Crippen LogP contribution < -0.4 is 15.2 Å². The molecular weight excluding hydrogens is 260 g/mol. The summed E-state index contributed by atoms with van der Waals surface area (Å²) in [6.07, 6.45) is 1.94. The lowest BCUT2D eigenvalue weighted by Gasteiger charge is -2.10. The van der Waals surface area contributed by atoms with Crippen LogP contribution in [-0.4, -0.2) is 23.3 Å². The minimum absolute atomic E-state index is 0.398. The van der Waals surface area contributed by atoms with E-state index in [0.29, 0.717) is 18.1 Å². The van der Waals surface area contributed by atoms with E-state index in [2.05, 4.69) is 0 Å². The smallest absolute Gasteiger partial charge is 0.120 e. The molecule has 2 rings (SSSR count). The van der Waals surface area contributed by atoms with Crippen molar-refractivity contribution in [2.75, 3.05) is 13.7 Å². The highest BCUT2D eigenvalue weighted by atomic mass is 32.1. The summed E-state index contributed by atoms with van der Waals surface area (Å²) in [6.45, 7) is 1.25. The highest BCUT2D eigenvalue weighted by Gasteiger charge is 2.03. The molecule has 0 spiro atoms. The van der Waals surface area contributed by atoms with E-state index in [1.807, 2.05) is 47.2 Å². The molecule has 100 valence electrons. The first-order valence-electron chi connectivity index (χ1n) is 5.92. The van der Waals surface area contributed by atoms with Gasteiger partial charge in [-0.25, -0.2) is 0 Å². The molecule has 1 aromatic heterocycles. The van der Waals surface area contributed by atoms with Crippen molar-refractivity contribution < 1.29 is 9.47 Å². The van der Waals surface area contributed by atoms with Gasteiger partial charge >= 0.3 is 0 Å². The number of ether oxygens (including phenoxy) is 2. The quantitative estimate of drug-likeness (QED) is 0.822. The van der Waals surface area contributed by atoms with Gasteiger partial charge in [-0.15, -0.1) is 0 Å². The molecule has 2 N–H and O–H groups in total. The Hall–Kier alpha value is -2.01. The van der Waals surface area contributed by atoms with Gasteiger partial charge in [0.2, 0.25) is 0 Å². The number of nitrogens with zero attached hydrogens (tertiary/aromatic N) is 1. The lowest BCUT2D eigenvalue weighted by molar-refractivity contribution is 0.297. The number of benzene rings is 1. The molecular formula is C14H16N2O2S. The van der Waals surface area contributed by atoms with E-state index >= 15 is 0 Å². The van der Waals surface area contributed by atoms with Gasteiger partial charge in [0.05, 0.1) is 19.3 Å². The van der Waals surface area contributed by atoms with Crippen LogP contribution in [0, 0.1) is 0 Å². The Kier molecular flexibility index (Phi) is 4.41. The fraction of sp³-hybridized carbons (Fsp3) is 0.214. The van der Waals surface area contributed by atoms with Crippen LogP contribution in [0.25, 0.3) is 0 Å². The molecule has 0 radical (unpaired) electrons. The molecule has 4 nitrogen and oxygen atoms in total. The third-order valence-corrected chi connectivity index (χ3v) is 2.95. The lowest BCUT2D eigenvalue weighted by atomic mass is 10.3. The number of hydrogen-bond acceptors (Lipinski definition) is 3. The highest BCUT2D eigenvalue weighted by Crippen LogP contribution is 2.17. The molecule has 0 aliphatic rings. The number of thiocarbonyl (C=S) groups is 1. The molecule has 0 amide bonds. The van der Waals surface area contributed by atoms with Crippen LogP contribution >= 0.6 is 12.2 Å². The Morgan fingerprint density at radius 2 is 1.89 bits per heavy atom. The Balaban J connectivity index is 1.89. The minimum atomic E-state index is 0.398. The van der Waals surface area contributed by atoms with Crippen LogP contribution in [0.15, 0.2) is 42.6 Å². The molecule has 0 aliphatic heterocycles. The zero-order valence-electron chi connectivity index (χ0n) is 10.7. The fourth-order valence-electron chi connectivity index (χ4n) is 1.77. The maximum absolute atomic E-state index is 5.65. The molecule has 0 saturated carbocycles. The lowest BCUT2D eigenvalue weighted by Crippen LogP contribution is -2.17. The van der Waals surface area contributed by atoms with Crippen LogP contribution in [-0.2, 0) is 6.54 Å². The van der Waals surface area contributed by atoms with Crippen molar-refractivity contribution in [2.45, 2.75) is 6.54 Å². The third-order valence-electron chi connectivity index (χ3n) is 2.74. The molecule has 1 aromatic carbocycles. The molecule has 0 fully saturated rings. The third kappa shape index (κ3) is 3.48. The van der Waals surface area contributed by atoms with E-state index in [0.717, 1.165) is 17.2 Å². The average molecular weight is 276 g/mol. The predicted octanol–water partition coefficient (Wildman–Crippen LogP) is 2.21. The molecule has 0 aliphatic carbocycles. The van der Waals surface area contributed by atoms with Gasteiger partial charge in [0.25, 0.3) is 0 Å². The SMILES string of the molecule is COc1ccc(OCCn2cccc2C(N)=S)cc1. The highest BCUT2D eigenvalue weighted by molar-refractivity contribution is 7.80. The number of hydrogen-bond donors (Lipinski definition) is 1. The van der Waals surface area contributed by atoms with E-state index < -0.39 is 0 Å². The topological polar surface area (TPSA) is 49.4 Å². The monoisotopic (exact) mass is 276 g/mol. The zero-order chi connectivity index (χ0) is 13.7. The summed E-state index contributed by atoms with van der Waals surface area (Å²) in [6, 6.07) is 11.3. The fourth-order valence-corrected chi connectivity index (χ4v) is 1.95. The second kappa shape index (κ2) is 6.24. The largest absolute Gasteiger partial charge is 0.497 e. The van der Waals surface area contributed by atoms with Crippen LogP contribution in [0.3, 0.4) is 0 Å². The van der Waals surface area contributed by atoms with Crippen molar-refractivity contribution in [1.82, 2.24) is 4.57 Å². The molecule has 2 aromatic rings. The van der Waals surface area contributed by atoms with Crippen LogP contribution in [0.5, 0.6) is 11.5 Å². The summed E-state index contributed by atoms with van der Waals surface area (Å²) in [5, 5.41) is 0. The summed E-state index contributed by atoms with van der Waals surface area (Å²) in [7, 11) is 1.64. The number of aromatic nitrogens is 1. The van der Waals surface area contributed by atoms with Gasteiger partial charge in [-0.2, -0.15) is 0 Å². The van der Waals surface area contributed by atoms with E-state index in [1.54, 1.807) is 7.11 Å². The Bertz CT molecular complexity index is 549. The first-order chi connectivity index (χ1) is 9.20. The van der Waals surface area contributed by atoms with Crippen molar-refractivity contribution in [3.63, 3.8) is 0 Å². The maximum atomic E-state index is 5.65. The standard InChI is InChI=1S/C14H16N2O2S/c1-17-11-4-6-12(7-5-11)18-10-9-16-8-2-3-13(16)14(15)19/h2-8H,9-10H2,1H3,(H2,15,19). The Morgan fingerprint density at radius 1 is 1.21 bits per heavy atom. The van der Waals surface area contributed by atoms with Crippen molar-refractivity contribution >= 4 is 17.2 Å². The predicted molar refractivity (Wildman–Crippen MR) is 78.8 cm³/mol. The summed E-state index contributed by atoms with van der Waals surface area (Å²) in [5.74, 6) is 1.62. The van der Waals surface area contributed by atoms with Crippen molar-refractivity contribution in [1.29, 1.82) is 0 Å². The molecule has 19 heavy (non-hydrogen) atoms. The Morgan fingerprint density at radius 3 is 2.53 bits per heavy atom. The maximum Gasteiger partial charge on any atom is 0.120 e. The van der Waals surface area contributed by atoms with Crippen molar-refractivity contribution in [3.05, 3.63) is 48.3 Å². The van der Waals surface area contributed by atoms with Crippen molar-refractivity contribution in [3.8, 4) is 11.5 Å². The second-order valence-electron chi connectivity index (χ2n) is 3.98. The minimum Gasteiger partial charge on any atom is -0.497 e. The zero-order valence-corrected chi connectivity index (χ0v) is 11.5. The van der Waals surface area contributed by atoms with Crippen molar-refractivity contribution in [2.24, 2.45) is 5.73 Å². The van der Waals surface area contributed by atoms with Gasteiger partial charge < -0.3 is 19.8 Å². The Labute approximate surface area is 117 Å². The van der Waals surface area contributed by atoms with Gasteiger partial charge in [0, 0.05) is 6.20 Å². The molecule has 5 heteroatoms. The van der Waals surface area contributed by atoms with E-state index in [1.165, 1.54) is 0 Å². The second-order valence-corrected chi connectivity index (χ2v) is 4.41. The van der Waals surface area contributed by atoms with Gasteiger partial charge in [-0.05, 0) is 36.4 Å². The van der Waals surface area contributed by atoms with E-state index in [-0.39, 0.29) is 0 Å². The van der Waals surface area contributed by atoms with Gasteiger partial charge in [-0.1, -0.05) is 12.2 Å². The number of nitrogens with two attached hydrogens (primary N) is 1. The number of rotatable bonds is 6. The molecule has 0 saturated heterocycles. The molecule has 0 bridgehead atoms. The van der Waals surface area contributed by atoms with E-state index in [4.69, 9.17) is 27.4 Å². The summed E-state index contributed by atoms with van der Waals surface area (Å²) >= 11 is 4.98. The molecule has 1 heterocycles. The van der Waals surface area contributed by atoms with Gasteiger partial charge in [-0.3, -0.25) is 0 Å². The van der Waals surface area contributed by atoms with Gasteiger partial charge in [0.1, 0.15) is 23.1 Å². The molecule has 0 unspecified atom stereocenters. The first kappa shape index (κ1) is 13.4. The van der Waals surface area contributed by atoms with Crippen LogP contribution in [0.4, 0.5) is 0 Å². The molecule has 0 atom stereocenters. The normalized spacial score (nSPS) is 10.2. The average Bonchev–Trinajstić information content (AvgIpc) is 2.88. The van der Waals surface area contributed by atoms with Crippen LogP contribution in [0.1, 0.15) is 5.69 Å². The summed E-state index contributed by atoms with van der Waals surface area (Å²) in [4.78, 5) is 0.398. The summed E-state index contributed by atoms with van der Waals surface area (Å²) < 4.78 is 12.7.